The maximum Gasteiger partial charge on any atom is 0.312 e. The van der Waals surface area contributed by atoms with Gasteiger partial charge in [0.15, 0.2) is 5.75 Å². The van der Waals surface area contributed by atoms with Crippen molar-refractivity contribution in [3.63, 3.8) is 0 Å². The summed E-state index contributed by atoms with van der Waals surface area (Å²) in [7, 11) is 0. The van der Waals surface area contributed by atoms with Gasteiger partial charge in [0.1, 0.15) is 0 Å². The van der Waals surface area contributed by atoms with Crippen LogP contribution in [0.2, 0.25) is 0 Å². The monoisotopic (exact) mass is 255 g/mol. The van der Waals surface area contributed by atoms with Gasteiger partial charge in [-0.3, -0.25) is 10.1 Å². The molecule has 17 heavy (non-hydrogen) atoms. The molecule has 0 amide bonds. The first-order chi connectivity index (χ1) is 7.51. The number of halogens is 1. The molecule has 0 fully saturated rings. The summed E-state index contributed by atoms with van der Waals surface area (Å²) < 4.78 is 0. The molecule has 0 aliphatic rings. The normalized spacial score (nSPS) is 10.8. The average Bonchev–Trinajstić information content (AvgIpc) is 2.28. The fraction of sp³-hybridized carbons (Fsp3) is 0.100. The Labute approximate surface area is 104 Å². The van der Waals surface area contributed by atoms with Gasteiger partial charge < -0.3 is 10.8 Å². The van der Waals surface area contributed by atoms with Crippen LogP contribution in [0.25, 0.3) is 0 Å². The van der Waals surface area contributed by atoms with E-state index in [4.69, 9.17) is 11.0 Å². The molecule has 7 heteroatoms. The summed E-state index contributed by atoms with van der Waals surface area (Å²) in [5.41, 5.74) is 5.22. The Bertz CT molecular complexity index is 496. The summed E-state index contributed by atoms with van der Waals surface area (Å²) in [6.45, 7) is 3.42. The molecule has 90 valence electrons. The second kappa shape index (κ2) is 5.84. The van der Waals surface area contributed by atoms with E-state index in [0.29, 0.717) is 0 Å². The number of nitro groups is 1. The molecule has 0 aromatic heterocycles. The Morgan fingerprint density at radius 1 is 1.65 bits per heavy atom. The number of phenolic OH excluding ortho intramolecular Hbond substituents is 1. The smallest absolute Gasteiger partial charge is 0.312 e. The molecule has 6 nitrogen and oxygen atoms in total. The Morgan fingerprint density at radius 2 is 2.24 bits per heavy atom. The van der Waals surface area contributed by atoms with Crippen LogP contribution in [-0.2, 0) is 0 Å². The molecule has 0 heterocycles. The van der Waals surface area contributed by atoms with E-state index < -0.39 is 22.4 Å². The lowest BCUT2D eigenvalue weighted by atomic mass is 10.0. The number of aromatic hydroxyl groups is 1. The molecule has 0 saturated heterocycles. The van der Waals surface area contributed by atoms with E-state index >= 15 is 0 Å². The third-order valence-corrected chi connectivity index (χ3v) is 2.06. The van der Waals surface area contributed by atoms with Gasteiger partial charge in [-0.05, 0) is 6.07 Å². The van der Waals surface area contributed by atoms with E-state index in [2.05, 4.69) is 6.58 Å². The van der Waals surface area contributed by atoms with Gasteiger partial charge in [0.05, 0.1) is 22.6 Å². The molecule has 0 unspecified atom stereocenters. The first-order valence-electron chi connectivity index (χ1n) is 4.30. The molecule has 1 atom stereocenters. The SMILES string of the molecule is C=C[C@H](N)c1cc(C#N)cc([N+](=O)[O-])c1O.Cl. The van der Waals surface area contributed by atoms with E-state index in [9.17, 15) is 15.2 Å². The van der Waals surface area contributed by atoms with Gasteiger partial charge >= 0.3 is 5.69 Å². The van der Waals surface area contributed by atoms with Crippen molar-refractivity contribution in [1.82, 2.24) is 0 Å². The molecular formula is C10H10ClN3O3. The number of benzene rings is 1. The minimum Gasteiger partial charge on any atom is -0.502 e. The molecule has 0 radical (unpaired) electrons. The molecule has 0 aliphatic heterocycles. The molecule has 0 aliphatic carbocycles. The zero-order chi connectivity index (χ0) is 12.3. The second-order valence-corrected chi connectivity index (χ2v) is 3.06. The highest BCUT2D eigenvalue weighted by Crippen LogP contribution is 2.34. The summed E-state index contributed by atoms with van der Waals surface area (Å²) in [5, 5.41) is 28.9. The minimum atomic E-state index is -0.768. The van der Waals surface area contributed by atoms with Crippen molar-refractivity contribution in [2.75, 3.05) is 0 Å². The number of hydrogen-bond donors (Lipinski definition) is 2. The molecule has 1 rings (SSSR count). The topological polar surface area (TPSA) is 113 Å². The van der Waals surface area contributed by atoms with Crippen LogP contribution in [0.3, 0.4) is 0 Å². The maximum atomic E-state index is 10.6. The van der Waals surface area contributed by atoms with Crippen LogP contribution in [-0.4, -0.2) is 10.0 Å². The van der Waals surface area contributed by atoms with E-state index in [0.717, 1.165) is 6.07 Å². The lowest BCUT2D eigenvalue weighted by molar-refractivity contribution is -0.386. The first kappa shape index (κ1) is 14.9. The summed E-state index contributed by atoms with van der Waals surface area (Å²) in [6.07, 6.45) is 1.32. The van der Waals surface area contributed by atoms with E-state index in [1.165, 1.54) is 12.1 Å². The van der Waals surface area contributed by atoms with Crippen molar-refractivity contribution in [3.8, 4) is 11.8 Å². The van der Waals surface area contributed by atoms with Crippen LogP contribution in [0, 0.1) is 21.4 Å². The highest BCUT2D eigenvalue weighted by molar-refractivity contribution is 5.85. The van der Waals surface area contributed by atoms with Gasteiger partial charge in [-0.2, -0.15) is 5.26 Å². The van der Waals surface area contributed by atoms with Gasteiger partial charge in [0, 0.05) is 11.6 Å². The third kappa shape index (κ3) is 2.93. The fourth-order valence-electron chi connectivity index (χ4n) is 1.23. The predicted octanol–water partition coefficient (Wildman–Crippen LogP) is 1.78. The largest absolute Gasteiger partial charge is 0.502 e. The van der Waals surface area contributed by atoms with E-state index in [1.54, 1.807) is 6.07 Å². The van der Waals surface area contributed by atoms with Gasteiger partial charge in [-0.15, -0.1) is 19.0 Å². The zero-order valence-electron chi connectivity index (χ0n) is 8.66. The van der Waals surface area contributed by atoms with E-state index in [-0.39, 0.29) is 23.5 Å². The fourth-order valence-corrected chi connectivity index (χ4v) is 1.23. The number of nitrogens with two attached hydrogens (primary N) is 1. The molecule has 3 N–H and O–H groups in total. The van der Waals surface area contributed by atoms with Crippen molar-refractivity contribution in [1.29, 1.82) is 5.26 Å². The van der Waals surface area contributed by atoms with Gasteiger partial charge in [0.2, 0.25) is 0 Å². The van der Waals surface area contributed by atoms with Crippen LogP contribution < -0.4 is 5.73 Å². The van der Waals surface area contributed by atoms with Crippen LogP contribution in [0.15, 0.2) is 24.8 Å². The Balaban J connectivity index is 0.00000256. The van der Waals surface area contributed by atoms with Gasteiger partial charge in [-0.25, -0.2) is 0 Å². The number of phenols is 1. The van der Waals surface area contributed by atoms with Crippen molar-refractivity contribution in [2.45, 2.75) is 6.04 Å². The van der Waals surface area contributed by atoms with Crippen molar-refractivity contribution >= 4 is 18.1 Å². The minimum absolute atomic E-state index is 0. The number of nitrogens with zero attached hydrogens (tertiary/aromatic N) is 2. The lowest BCUT2D eigenvalue weighted by Crippen LogP contribution is -2.08. The highest BCUT2D eigenvalue weighted by atomic mass is 35.5. The van der Waals surface area contributed by atoms with E-state index in [1.807, 2.05) is 0 Å². The van der Waals surface area contributed by atoms with Crippen molar-refractivity contribution in [3.05, 3.63) is 46.0 Å². The lowest BCUT2D eigenvalue weighted by Gasteiger charge is -2.09. The molecule has 0 spiro atoms. The highest BCUT2D eigenvalue weighted by Gasteiger charge is 2.21. The molecule has 1 aromatic rings. The maximum absolute atomic E-state index is 10.6. The predicted molar refractivity (Wildman–Crippen MR) is 63.8 cm³/mol. The van der Waals surface area contributed by atoms with Gasteiger partial charge in [0.25, 0.3) is 0 Å². The summed E-state index contributed by atoms with van der Waals surface area (Å²) in [5.74, 6) is -0.531. The zero-order valence-corrected chi connectivity index (χ0v) is 9.48. The molecule has 0 bridgehead atoms. The van der Waals surface area contributed by atoms with Crippen LogP contribution in [0.1, 0.15) is 17.2 Å². The summed E-state index contributed by atoms with van der Waals surface area (Å²) in [4.78, 5) is 9.85. The van der Waals surface area contributed by atoms with Gasteiger partial charge in [-0.1, -0.05) is 6.08 Å². The Morgan fingerprint density at radius 3 is 2.65 bits per heavy atom. The van der Waals surface area contributed by atoms with Crippen molar-refractivity contribution in [2.24, 2.45) is 5.73 Å². The quantitative estimate of drug-likeness (QED) is 0.485. The number of nitro benzene ring substituents is 1. The Kier molecular flexibility index (Phi) is 5.12. The second-order valence-electron chi connectivity index (χ2n) is 3.06. The van der Waals surface area contributed by atoms with Crippen LogP contribution >= 0.6 is 12.4 Å². The standard InChI is InChI=1S/C10H9N3O3.ClH/c1-2-8(12)7-3-6(5-11)4-9(10(7)14)13(15)16;/h2-4,8,14H,1,12H2;1H/t8-;/m0./s1. The van der Waals surface area contributed by atoms with Crippen LogP contribution in [0.5, 0.6) is 5.75 Å². The number of nitriles is 1. The molecule has 0 saturated carbocycles. The average molecular weight is 256 g/mol. The number of rotatable bonds is 3. The Hall–Kier alpha value is -2.10. The van der Waals surface area contributed by atoms with Crippen LogP contribution in [0.4, 0.5) is 5.69 Å². The first-order valence-corrected chi connectivity index (χ1v) is 4.30. The third-order valence-electron chi connectivity index (χ3n) is 2.06. The van der Waals surface area contributed by atoms with Crippen molar-refractivity contribution < 1.29 is 10.0 Å². The summed E-state index contributed by atoms with van der Waals surface area (Å²) in [6, 6.07) is 3.30. The molecule has 1 aromatic carbocycles. The molecular weight excluding hydrogens is 246 g/mol. The number of hydrogen-bond acceptors (Lipinski definition) is 5. The summed E-state index contributed by atoms with van der Waals surface area (Å²) >= 11 is 0.